The summed E-state index contributed by atoms with van der Waals surface area (Å²) >= 11 is 0. The summed E-state index contributed by atoms with van der Waals surface area (Å²) in [5, 5.41) is 13.7. The van der Waals surface area contributed by atoms with Crippen LogP contribution in [0.15, 0.2) is 42.5 Å². The highest BCUT2D eigenvalue weighted by Gasteiger charge is 2.18. The Hall–Kier alpha value is -3.42. The second-order valence-electron chi connectivity index (χ2n) is 5.47. The van der Waals surface area contributed by atoms with E-state index in [0.717, 1.165) is 0 Å². The van der Waals surface area contributed by atoms with Crippen molar-refractivity contribution >= 4 is 29.1 Å². The van der Waals surface area contributed by atoms with Crippen LogP contribution in [-0.4, -0.2) is 30.6 Å². The van der Waals surface area contributed by atoms with E-state index in [1.807, 2.05) is 0 Å². The lowest BCUT2D eigenvalue weighted by Crippen LogP contribution is -2.26. The number of nitrogens with one attached hydrogen (secondary N) is 1. The Kier molecular flexibility index (Phi) is 5.90. The van der Waals surface area contributed by atoms with E-state index in [4.69, 9.17) is 4.74 Å². The van der Waals surface area contributed by atoms with Gasteiger partial charge >= 0.3 is 6.09 Å². The van der Waals surface area contributed by atoms with Crippen LogP contribution in [0.3, 0.4) is 0 Å². The monoisotopic (exact) mass is 357 g/mol. The van der Waals surface area contributed by atoms with E-state index in [1.54, 1.807) is 38.2 Å². The second-order valence-corrected chi connectivity index (χ2v) is 5.47. The molecular formula is C18H19N3O5. The number of amides is 2. The van der Waals surface area contributed by atoms with Crippen LogP contribution in [-0.2, 0) is 4.74 Å². The Morgan fingerprint density at radius 3 is 2.42 bits per heavy atom. The van der Waals surface area contributed by atoms with Gasteiger partial charge in [-0.3, -0.25) is 19.8 Å². The van der Waals surface area contributed by atoms with Crippen LogP contribution in [0.25, 0.3) is 0 Å². The average molecular weight is 357 g/mol. The fourth-order valence-corrected chi connectivity index (χ4v) is 2.36. The molecule has 0 atom stereocenters. The number of ether oxygens (including phenoxy) is 1. The zero-order valence-electron chi connectivity index (χ0n) is 14.7. The largest absolute Gasteiger partial charge is 0.449 e. The highest BCUT2D eigenvalue weighted by atomic mass is 16.6. The first-order valence-electron chi connectivity index (χ1n) is 7.91. The molecule has 0 aliphatic heterocycles. The Balaban J connectivity index is 2.14. The van der Waals surface area contributed by atoms with Crippen LogP contribution in [0.1, 0.15) is 22.8 Å². The molecular weight excluding hydrogens is 338 g/mol. The number of carbonyl (C=O) groups excluding carboxylic acids is 2. The summed E-state index contributed by atoms with van der Waals surface area (Å²) in [6.45, 7) is 3.53. The van der Waals surface area contributed by atoms with Crippen molar-refractivity contribution in [3.63, 3.8) is 0 Å². The Labute approximate surface area is 150 Å². The molecule has 0 saturated carbocycles. The summed E-state index contributed by atoms with van der Waals surface area (Å²) in [6.07, 6.45) is -0.475. The van der Waals surface area contributed by atoms with Gasteiger partial charge in [-0.1, -0.05) is 6.07 Å². The highest BCUT2D eigenvalue weighted by Crippen LogP contribution is 2.23. The maximum absolute atomic E-state index is 12.4. The minimum Gasteiger partial charge on any atom is -0.449 e. The van der Waals surface area contributed by atoms with Gasteiger partial charge < -0.3 is 10.1 Å². The summed E-state index contributed by atoms with van der Waals surface area (Å²) in [5.74, 6) is -0.447. The summed E-state index contributed by atoms with van der Waals surface area (Å²) < 4.78 is 4.92. The molecule has 8 heteroatoms. The van der Waals surface area contributed by atoms with E-state index in [9.17, 15) is 19.7 Å². The van der Waals surface area contributed by atoms with E-state index in [-0.39, 0.29) is 17.9 Å². The van der Waals surface area contributed by atoms with Crippen molar-refractivity contribution in [1.82, 2.24) is 0 Å². The smallest absolute Gasteiger partial charge is 0.413 e. The van der Waals surface area contributed by atoms with Crippen LogP contribution < -0.4 is 10.2 Å². The normalized spacial score (nSPS) is 10.1. The first-order valence-corrected chi connectivity index (χ1v) is 7.91. The summed E-state index contributed by atoms with van der Waals surface area (Å²) in [6, 6.07) is 10.9. The van der Waals surface area contributed by atoms with Crippen molar-refractivity contribution in [3.05, 3.63) is 63.7 Å². The lowest BCUT2D eigenvalue weighted by atomic mass is 10.1. The summed E-state index contributed by atoms with van der Waals surface area (Å²) in [7, 11) is 1.58. The molecule has 0 aromatic heterocycles. The summed E-state index contributed by atoms with van der Waals surface area (Å²) in [5.41, 5.74) is 1.53. The van der Waals surface area contributed by atoms with Gasteiger partial charge in [0.2, 0.25) is 0 Å². The Morgan fingerprint density at radius 1 is 1.19 bits per heavy atom. The van der Waals surface area contributed by atoms with Gasteiger partial charge in [0.25, 0.3) is 11.6 Å². The lowest BCUT2D eigenvalue weighted by molar-refractivity contribution is -0.385. The number of carbonyl (C=O) groups is 2. The number of hydrogen-bond donors (Lipinski definition) is 1. The van der Waals surface area contributed by atoms with Crippen LogP contribution in [0.4, 0.5) is 21.9 Å². The second kappa shape index (κ2) is 8.11. The molecule has 0 aliphatic carbocycles. The van der Waals surface area contributed by atoms with Crippen molar-refractivity contribution in [1.29, 1.82) is 0 Å². The van der Waals surface area contributed by atoms with Gasteiger partial charge in [-0.05, 0) is 44.2 Å². The first kappa shape index (κ1) is 18.9. The first-order chi connectivity index (χ1) is 12.3. The number of hydrogen-bond acceptors (Lipinski definition) is 5. The van der Waals surface area contributed by atoms with Crippen LogP contribution >= 0.6 is 0 Å². The molecule has 0 spiro atoms. The molecule has 2 aromatic carbocycles. The number of benzene rings is 2. The van der Waals surface area contributed by atoms with Crippen molar-refractivity contribution < 1.29 is 19.2 Å². The van der Waals surface area contributed by atoms with Crippen molar-refractivity contribution in [2.45, 2.75) is 13.8 Å². The lowest BCUT2D eigenvalue weighted by Gasteiger charge is -2.17. The Morgan fingerprint density at radius 2 is 1.85 bits per heavy atom. The maximum atomic E-state index is 12.4. The fraction of sp³-hybridized carbons (Fsp3) is 0.222. The molecule has 136 valence electrons. The number of nitro benzene ring substituents is 1. The molecule has 0 unspecified atom stereocenters. The molecule has 1 N–H and O–H groups in total. The molecule has 8 nitrogen and oxygen atoms in total. The van der Waals surface area contributed by atoms with Gasteiger partial charge in [-0.15, -0.1) is 0 Å². The number of nitro groups is 1. The number of rotatable bonds is 5. The topological polar surface area (TPSA) is 102 Å². The van der Waals surface area contributed by atoms with Gasteiger partial charge in [0, 0.05) is 35.6 Å². The summed E-state index contributed by atoms with van der Waals surface area (Å²) in [4.78, 5) is 35.9. The van der Waals surface area contributed by atoms with Crippen LogP contribution in [0, 0.1) is 17.0 Å². The van der Waals surface area contributed by atoms with Gasteiger partial charge in [-0.25, -0.2) is 4.79 Å². The van der Waals surface area contributed by atoms with Gasteiger partial charge in [-0.2, -0.15) is 0 Å². The molecule has 0 fully saturated rings. The van der Waals surface area contributed by atoms with E-state index in [1.165, 1.54) is 30.0 Å². The molecule has 26 heavy (non-hydrogen) atoms. The zero-order valence-corrected chi connectivity index (χ0v) is 14.7. The van der Waals surface area contributed by atoms with Gasteiger partial charge in [0.05, 0.1) is 11.5 Å². The molecule has 2 aromatic rings. The molecule has 2 amide bonds. The third-order valence-electron chi connectivity index (χ3n) is 3.80. The fourth-order valence-electron chi connectivity index (χ4n) is 2.36. The SMILES string of the molecule is CCOC(=O)N(C)c1ccc(NC(=O)c2cccc([N+](=O)[O-])c2C)cc1. The standard InChI is InChI=1S/C18H19N3O5/c1-4-26-18(23)20(3)14-10-8-13(9-11-14)19-17(22)15-6-5-7-16(12(15)2)21(24)25/h5-11H,4H2,1-3H3,(H,19,22). The third-order valence-corrected chi connectivity index (χ3v) is 3.80. The molecule has 0 saturated heterocycles. The molecule has 2 rings (SSSR count). The third kappa shape index (κ3) is 4.15. The van der Waals surface area contributed by atoms with E-state index in [2.05, 4.69) is 5.32 Å². The highest BCUT2D eigenvalue weighted by molar-refractivity contribution is 6.06. The Bertz CT molecular complexity index is 833. The predicted molar refractivity (Wildman–Crippen MR) is 97.7 cm³/mol. The van der Waals surface area contributed by atoms with Crippen LogP contribution in [0.5, 0.6) is 0 Å². The molecule has 0 radical (unpaired) electrons. The van der Waals surface area contributed by atoms with E-state index in [0.29, 0.717) is 16.9 Å². The zero-order chi connectivity index (χ0) is 19.3. The van der Waals surface area contributed by atoms with E-state index >= 15 is 0 Å². The van der Waals surface area contributed by atoms with Crippen molar-refractivity contribution in [3.8, 4) is 0 Å². The molecule has 0 aliphatic rings. The van der Waals surface area contributed by atoms with Gasteiger partial charge in [0.1, 0.15) is 0 Å². The average Bonchev–Trinajstić information content (AvgIpc) is 2.61. The predicted octanol–water partition coefficient (Wildman–Crippen LogP) is 3.75. The van der Waals surface area contributed by atoms with Crippen LogP contribution in [0.2, 0.25) is 0 Å². The quantitative estimate of drug-likeness (QED) is 0.648. The minimum atomic E-state index is -0.522. The maximum Gasteiger partial charge on any atom is 0.413 e. The van der Waals surface area contributed by atoms with E-state index < -0.39 is 16.9 Å². The van der Waals surface area contributed by atoms with Crippen molar-refractivity contribution in [2.75, 3.05) is 23.9 Å². The number of nitrogens with zero attached hydrogens (tertiary/aromatic N) is 2. The minimum absolute atomic E-state index is 0.107. The molecule has 0 heterocycles. The van der Waals surface area contributed by atoms with Crippen molar-refractivity contribution in [2.24, 2.45) is 0 Å². The molecule has 0 bridgehead atoms. The number of anilines is 2. The van der Waals surface area contributed by atoms with Gasteiger partial charge in [0.15, 0.2) is 0 Å².